The molecule has 0 spiro atoms. The lowest BCUT2D eigenvalue weighted by atomic mass is 9.75. The van der Waals surface area contributed by atoms with Crippen LogP contribution in [0.2, 0.25) is 5.02 Å². The first-order valence-electron chi connectivity index (χ1n) is 11.4. The highest BCUT2D eigenvalue weighted by Crippen LogP contribution is 2.37. The van der Waals surface area contributed by atoms with Gasteiger partial charge in [0.15, 0.2) is 5.78 Å². The number of pyridine rings is 1. The summed E-state index contributed by atoms with van der Waals surface area (Å²) >= 11 is 7.34. The van der Waals surface area contributed by atoms with E-state index in [4.69, 9.17) is 21.3 Å². The van der Waals surface area contributed by atoms with Gasteiger partial charge in [-0.15, -0.1) is 11.3 Å². The van der Waals surface area contributed by atoms with E-state index in [1.54, 1.807) is 42.5 Å². The Bertz CT molecular complexity index is 1570. The van der Waals surface area contributed by atoms with E-state index in [-0.39, 0.29) is 22.3 Å². The summed E-state index contributed by atoms with van der Waals surface area (Å²) in [4.78, 5) is 44.6. The molecule has 4 aromatic rings. The van der Waals surface area contributed by atoms with Crippen LogP contribution in [0.25, 0.3) is 27.5 Å². The maximum absolute atomic E-state index is 14.1. The van der Waals surface area contributed by atoms with Crippen LogP contribution in [0, 0.1) is 5.41 Å². The maximum Gasteiger partial charge on any atom is 0.339 e. The minimum Gasteiger partial charge on any atom is -0.465 e. The van der Waals surface area contributed by atoms with Gasteiger partial charge >= 0.3 is 5.97 Å². The van der Waals surface area contributed by atoms with Crippen LogP contribution < -0.4 is 5.56 Å². The number of benzene rings is 2. The summed E-state index contributed by atoms with van der Waals surface area (Å²) in [7, 11) is 1.30. The summed E-state index contributed by atoms with van der Waals surface area (Å²) in [5.41, 5.74) is 2.92. The molecule has 2 aromatic heterocycles. The van der Waals surface area contributed by atoms with Gasteiger partial charge in [0.05, 0.1) is 29.6 Å². The molecule has 182 valence electrons. The Labute approximate surface area is 217 Å². The molecule has 5 rings (SSSR count). The lowest BCUT2D eigenvalue weighted by Crippen LogP contribution is -2.35. The third-order valence-corrected chi connectivity index (χ3v) is 7.44. The average molecular weight is 519 g/mol. The number of Topliss-reactive ketones (excluding diaryl/α,β-unsaturated/α-hetero) is 1. The van der Waals surface area contributed by atoms with Gasteiger partial charge in [-0.05, 0) is 42.2 Å². The highest BCUT2D eigenvalue weighted by atomic mass is 35.5. The molecule has 1 aliphatic rings. The van der Waals surface area contributed by atoms with Gasteiger partial charge < -0.3 is 4.74 Å². The van der Waals surface area contributed by atoms with Crippen LogP contribution in [0.5, 0.6) is 0 Å². The molecule has 8 heteroatoms. The largest absolute Gasteiger partial charge is 0.465 e. The smallest absolute Gasteiger partial charge is 0.339 e. The fraction of sp³-hybridized carbons (Fsp3) is 0.214. The quantitative estimate of drug-likeness (QED) is 0.299. The van der Waals surface area contributed by atoms with E-state index in [1.807, 2.05) is 31.4 Å². The number of hydrogen-bond donors (Lipinski definition) is 0. The molecule has 0 radical (unpaired) electrons. The highest BCUT2D eigenvalue weighted by molar-refractivity contribution is 7.13. The monoisotopic (exact) mass is 518 g/mol. The molecular weight excluding hydrogens is 496 g/mol. The van der Waals surface area contributed by atoms with E-state index in [2.05, 4.69) is 0 Å². The zero-order chi connectivity index (χ0) is 25.6. The molecule has 36 heavy (non-hydrogen) atoms. The van der Waals surface area contributed by atoms with Crippen LogP contribution >= 0.6 is 22.9 Å². The van der Waals surface area contributed by atoms with Gasteiger partial charge in [0.2, 0.25) is 0 Å². The summed E-state index contributed by atoms with van der Waals surface area (Å²) in [6, 6.07) is 15.7. The van der Waals surface area contributed by atoms with E-state index in [0.717, 1.165) is 5.56 Å². The molecule has 6 nitrogen and oxygen atoms in total. The molecule has 0 bridgehead atoms. The Morgan fingerprint density at radius 1 is 1.06 bits per heavy atom. The minimum atomic E-state index is -0.558. The number of ether oxygens (including phenoxy) is 1. The van der Waals surface area contributed by atoms with Gasteiger partial charge in [0.1, 0.15) is 5.01 Å². The van der Waals surface area contributed by atoms with Crippen molar-refractivity contribution in [3.05, 3.63) is 92.2 Å². The predicted octanol–water partition coefficient (Wildman–Crippen LogP) is 6.22. The third kappa shape index (κ3) is 4.29. The molecule has 0 atom stereocenters. The van der Waals surface area contributed by atoms with Crippen molar-refractivity contribution in [2.24, 2.45) is 5.41 Å². The number of rotatable bonds is 4. The Morgan fingerprint density at radius 2 is 1.78 bits per heavy atom. The molecule has 2 aromatic carbocycles. The first-order valence-corrected chi connectivity index (χ1v) is 12.7. The van der Waals surface area contributed by atoms with Crippen molar-refractivity contribution in [1.82, 2.24) is 9.55 Å². The van der Waals surface area contributed by atoms with E-state index in [1.165, 1.54) is 23.0 Å². The standard InChI is InChI=1S/C28H23ClN2O4S/c1-28(2)13-23-19(24(32)14-28)12-20(25-30-21(15-36-25)16-8-10-17(29)11-9-16)26(33)31(23)22-7-5-4-6-18(22)27(34)35-3/h4-12,15H,13-14H2,1-3H3. The Hall–Kier alpha value is -3.55. The van der Waals surface area contributed by atoms with Crippen molar-refractivity contribution >= 4 is 34.7 Å². The number of methoxy groups -OCH3 is 1. The zero-order valence-electron chi connectivity index (χ0n) is 20.0. The maximum atomic E-state index is 14.1. The van der Waals surface area contributed by atoms with Crippen LogP contribution in [-0.2, 0) is 11.2 Å². The average Bonchev–Trinajstić information content (AvgIpc) is 3.33. The van der Waals surface area contributed by atoms with Crippen molar-refractivity contribution < 1.29 is 14.3 Å². The molecule has 0 saturated carbocycles. The first kappa shape index (κ1) is 24.2. The fourth-order valence-electron chi connectivity index (χ4n) is 4.62. The fourth-order valence-corrected chi connectivity index (χ4v) is 5.59. The number of aromatic nitrogens is 2. The highest BCUT2D eigenvalue weighted by Gasteiger charge is 2.35. The van der Waals surface area contributed by atoms with Crippen molar-refractivity contribution in [2.45, 2.75) is 26.7 Å². The normalized spacial score (nSPS) is 14.4. The lowest BCUT2D eigenvalue weighted by molar-refractivity contribution is 0.0600. The number of hydrogen-bond acceptors (Lipinski definition) is 6. The zero-order valence-corrected chi connectivity index (χ0v) is 21.6. The summed E-state index contributed by atoms with van der Waals surface area (Å²) in [6.45, 7) is 4.00. The molecule has 1 aliphatic carbocycles. The molecule has 0 amide bonds. The first-order chi connectivity index (χ1) is 17.2. The number of esters is 1. The molecule has 0 saturated heterocycles. The Morgan fingerprint density at radius 3 is 2.50 bits per heavy atom. The second-order valence-corrected chi connectivity index (χ2v) is 10.8. The van der Waals surface area contributed by atoms with Crippen molar-refractivity contribution in [3.8, 4) is 27.5 Å². The second kappa shape index (κ2) is 9.15. The summed E-state index contributed by atoms with van der Waals surface area (Å²) < 4.78 is 6.48. The summed E-state index contributed by atoms with van der Waals surface area (Å²) in [5, 5.41) is 2.99. The van der Waals surface area contributed by atoms with Gasteiger partial charge in [-0.3, -0.25) is 14.2 Å². The number of ketones is 1. The second-order valence-electron chi connectivity index (χ2n) is 9.55. The van der Waals surface area contributed by atoms with Crippen LogP contribution in [0.1, 0.15) is 46.7 Å². The van der Waals surface area contributed by atoms with E-state index >= 15 is 0 Å². The van der Waals surface area contributed by atoms with Crippen molar-refractivity contribution in [3.63, 3.8) is 0 Å². The van der Waals surface area contributed by atoms with Gasteiger partial charge in [-0.25, -0.2) is 9.78 Å². The van der Waals surface area contributed by atoms with Gasteiger partial charge in [0.25, 0.3) is 5.56 Å². The minimum absolute atomic E-state index is 0.0405. The molecule has 0 aliphatic heterocycles. The van der Waals surface area contributed by atoms with Crippen molar-refractivity contribution in [1.29, 1.82) is 0 Å². The van der Waals surface area contributed by atoms with Crippen LogP contribution in [0.15, 0.2) is 64.8 Å². The van der Waals surface area contributed by atoms with Gasteiger partial charge in [0, 0.05) is 33.6 Å². The molecule has 0 fully saturated rings. The van der Waals surface area contributed by atoms with E-state index in [9.17, 15) is 14.4 Å². The molecule has 0 N–H and O–H groups in total. The van der Waals surface area contributed by atoms with Crippen LogP contribution in [0.4, 0.5) is 0 Å². The number of carbonyl (C=O) groups is 2. The lowest BCUT2D eigenvalue weighted by Gasteiger charge is -2.32. The van der Waals surface area contributed by atoms with Crippen LogP contribution in [-0.4, -0.2) is 28.4 Å². The Balaban J connectivity index is 1.76. The number of carbonyl (C=O) groups excluding carboxylic acids is 2. The number of nitrogens with zero attached hydrogens (tertiary/aromatic N) is 2. The number of halogens is 1. The molecule has 0 unspecified atom stereocenters. The van der Waals surface area contributed by atoms with E-state index in [0.29, 0.717) is 51.1 Å². The number of para-hydroxylation sites is 1. The molecule has 2 heterocycles. The van der Waals surface area contributed by atoms with E-state index < -0.39 is 5.97 Å². The predicted molar refractivity (Wildman–Crippen MR) is 141 cm³/mol. The Kier molecular flexibility index (Phi) is 6.14. The summed E-state index contributed by atoms with van der Waals surface area (Å²) in [5.74, 6) is -0.599. The van der Waals surface area contributed by atoms with Gasteiger partial charge in [-0.2, -0.15) is 0 Å². The SMILES string of the molecule is COC(=O)c1ccccc1-n1c2c(cc(-c3nc(-c4ccc(Cl)cc4)cs3)c1=O)C(=O)CC(C)(C)C2. The number of fused-ring (bicyclic) bond motifs is 1. The summed E-state index contributed by atoms with van der Waals surface area (Å²) in [6.07, 6.45) is 0.872. The molecular formula is C28H23ClN2O4S. The number of thiazole rings is 1. The topological polar surface area (TPSA) is 78.3 Å². The van der Waals surface area contributed by atoms with Gasteiger partial charge in [-0.1, -0.05) is 49.7 Å². The van der Waals surface area contributed by atoms with Crippen LogP contribution in [0.3, 0.4) is 0 Å². The van der Waals surface area contributed by atoms with Crippen molar-refractivity contribution in [2.75, 3.05) is 7.11 Å². The third-order valence-electron chi connectivity index (χ3n) is 6.31.